The van der Waals surface area contributed by atoms with Crippen LogP contribution in [0, 0.1) is 12.8 Å². The first kappa shape index (κ1) is 22.2. The van der Waals surface area contributed by atoms with E-state index < -0.39 is 0 Å². The molecular weight excluding hydrogens is 436 g/mol. The Hall–Kier alpha value is -2.57. The average molecular weight is 467 g/mol. The van der Waals surface area contributed by atoms with Gasteiger partial charge in [0.1, 0.15) is 5.82 Å². The zero-order chi connectivity index (χ0) is 22.9. The minimum atomic E-state index is 0.0335. The molecule has 6 nitrogen and oxygen atoms in total. The van der Waals surface area contributed by atoms with Crippen molar-refractivity contribution in [3.63, 3.8) is 0 Å². The van der Waals surface area contributed by atoms with Crippen LogP contribution in [-0.4, -0.2) is 60.2 Å². The van der Waals surface area contributed by atoms with Gasteiger partial charge in [-0.3, -0.25) is 4.79 Å². The van der Waals surface area contributed by atoms with E-state index in [1.807, 2.05) is 11.0 Å². The largest absolute Gasteiger partial charge is 0.381 e. The highest BCUT2D eigenvalue weighted by molar-refractivity contribution is 6.33. The van der Waals surface area contributed by atoms with Crippen LogP contribution >= 0.6 is 11.6 Å². The summed E-state index contributed by atoms with van der Waals surface area (Å²) < 4.78 is 5.46. The molecule has 3 aromatic rings. The van der Waals surface area contributed by atoms with Crippen LogP contribution in [0.5, 0.6) is 0 Å². The fourth-order valence-corrected chi connectivity index (χ4v) is 5.33. The van der Waals surface area contributed by atoms with E-state index >= 15 is 0 Å². The van der Waals surface area contributed by atoms with Crippen LogP contribution in [0.25, 0.3) is 22.4 Å². The molecule has 2 aromatic carbocycles. The molecule has 3 heterocycles. The van der Waals surface area contributed by atoms with Crippen LogP contribution in [0.15, 0.2) is 36.4 Å². The van der Waals surface area contributed by atoms with Crippen molar-refractivity contribution in [3.05, 3.63) is 47.0 Å². The molecule has 1 amide bonds. The van der Waals surface area contributed by atoms with E-state index in [4.69, 9.17) is 21.3 Å². The molecule has 7 heteroatoms. The molecule has 5 rings (SSSR count). The number of imidazole rings is 1. The van der Waals surface area contributed by atoms with Crippen LogP contribution in [0.2, 0.25) is 5.02 Å². The summed E-state index contributed by atoms with van der Waals surface area (Å²) in [6, 6.07) is 12.3. The van der Waals surface area contributed by atoms with E-state index in [0.717, 1.165) is 80.0 Å². The molecule has 33 heavy (non-hydrogen) atoms. The first-order valence-corrected chi connectivity index (χ1v) is 12.2. The molecule has 0 saturated carbocycles. The van der Waals surface area contributed by atoms with Gasteiger partial charge in [0, 0.05) is 44.5 Å². The van der Waals surface area contributed by atoms with Crippen LogP contribution in [0.1, 0.15) is 31.2 Å². The lowest BCUT2D eigenvalue weighted by molar-refractivity contribution is -0.138. The van der Waals surface area contributed by atoms with Gasteiger partial charge in [-0.2, -0.15) is 0 Å². The van der Waals surface area contributed by atoms with Crippen molar-refractivity contribution >= 4 is 34.2 Å². The van der Waals surface area contributed by atoms with Crippen molar-refractivity contribution < 1.29 is 9.53 Å². The molecular formula is C26H31ClN4O2. The SMILES string of the molecule is COC1CCN(C(=O)[C@@H]2CCCN(c3ccc(Cl)c(-c4nc5cc(C)ccc5[nH]4)c3)C2)CC1. The molecule has 0 aliphatic carbocycles. The number of H-pyrrole nitrogens is 1. The molecule has 2 saturated heterocycles. The smallest absolute Gasteiger partial charge is 0.227 e. The first-order valence-electron chi connectivity index (χ1n) is 11.8. The summed E-state index contributed by atoms with van der Waals surface area (Å²) in [6.45, 7) is 5.34. The van der Waals surface area contributed by atoms with Gasteiger partial charge in [-0.25, -0.2) is 4.98 Å². The monoisotopic (exact) mass is 466 g/mol. The van der Waals surface area contributed by atoms with Gasteiger partial charge < -0.3 is 19.5 Å². The maximum absolute atomic E-state index is 13.2. The van der Waals surface area contributed by atoms with Crippen LogP contribution in [0.4, 0.5) is 5.69 Å². The first-order chi connectivity index (χ1) is 16.0. The molecule has 2 aliphatic rings. The van der Waals surface area contributed by atoms with Crippen molar-refractivity contribution in [2.75, 3.05) is 38.2 Å². The number of aromatic amines is 1. The van der Waals surface area contributed by atoms with E-state index in [-0.39, 0.29) is 17.9 Å². The number of anilines is 1. The summed E-state index contributed by atoms with van der Waals surface area (Å²) in [5.41, 5.74) is 5.08. The Morgan fingerprint density at radius 3 is 2.73 bits per heavy atom. The van der Waals surface area contributed by atoms with Crippen molar-refractivity contribution in [2.45, 2.75) is 38.7 Å². The number of benzene rings is 2. The molecule has 1 aromatic heterocycles. The van der Waals surface area contributed by atoms with Gasteiger partial charge in [-0.1, -0.05) is 17.7 Å². The standard InChI is InChI=1S/C26H31ClN4O2/c1-17-5-8-23-24(14-17)29-25(28-23)21-15-19(6-7-22(21)27)31-11-3-4-18(16-31)26(32)30-12-9-20(33-2)10-13-30/h5-8,14-15,18,20H,3-4,9-13,16H2,1-2H3,(H,28,29)/t18-/m1/s1. The second-order valence-corrected chi connectivity index (χ2v) is 9.72. The van der Waals surface area contributed by atoms with Gasteiger partial charge in [-0.15, -0.1) is 0 Å². The minimum absolute atomic E-state index is 0.0335. The molecule has 174 valence electrons. The third-order valence-electron chi connectivity index (χ3n) is 7.07. The molecule has 1 N–H and O–H groups in total. The van der Waals surface area contributed by atoms with E-state index in [2.05, 4.69) is 47.1 Å². The Bertz CT molecular complexity index is 1150. The quantitative estimate of drug-likeness (QED) is 0.584. The number of likely N-dealkylation sites (tertiary alicyclic amines) is 1. The third kappa shape index (κ3) is 4.59. The lowest BCUT2D eigenvalue weighted by Crippen LogP contribution is -2.48. The van der Waals surface area contributed by atoms with Crippen LogP contribution in [0.3, 0.4) is 0 Å². The third-order valence-corrected chi connectivity index (χ3v) is 7.40. The lowest BCUT2D eigenvalue weighted by Gasteiger charge is -2.38. The van der Waals surface area contributed by atoms with Gasteiger partial charge in [-0.05, 0) is 68.5 Å². The molecule has 0 spiro atoms. The molecule has 0 bridgehead atoms. The summed E-state index contributed by atoms with van der Waals surface area (Å²) in [5, 5.41) is 0.667. The number of nitrogens with one attached hydrogen (secondary N) is 1. The number of hydrogen-bond acceptors (Lipinski definition) is 4. The summed E-state index contributed by atoms with van der Waals surface area (Å²) >= 11 is 6.58. The summed E-state index contributed by atoms with van der Waals surface area (Å²) in [4.78, 5) is 25.8. The van der Waals surface area contributed by atoms with E-state index in [1.54, 1.807) is 7.11 Å². The number of ether oxygens (including phenoxy) is 1. The molecule has 0 radical (unpaired) electrons. The van der Waals surface area contributed by atoms with E-state index in [0.29, 0.717) is 5.02 Å². The topological polar surface area (TPSA) is 61.5 Å². The Labute approximate surface area is 199 Å². The number of carbonyl (C=O) groups excluding carboxylic acids is 1. The highest BCUT2D eigenvalue weighted by Crippen LogP contribution is 2.33. The van der Waals surface area contributed by atoms with Crippen LogP contribution in [-0.2, 0) is 9.53 Å². The van der Waals surface area contributed by atoms with Crippen molar-refractivity contribution in [1.82, 2.24) is 14.9 Å². The number of hydrogen-bond donors (Lipinski definition) is 1. The van der Waals surface area contributed by atoms with E-state index in [1.165, 1.54) is 5.56 Å². The van der Waals surface area contributed by atoms with Gasteiger partial charge >= 0.3 is 0 Å². The zero-order valence-corrected chi connectivity index (χ0v) is 20.1. The highest BCUT2D eigenvalue weighted by atomic mass is 35.5. The maximum Gasteiger partial charge on any atom is 0.227 e. The maximum atomic E-state index is 13.2. The number of piperidine rings is 2. The predicted molar refractivity (Wildman–Crippen MR) is 133 cm³/mol. The molecule has 0 unspecified atom stereocenters. The number of aryl methyl sites for hydroxylation is 1. The summed E-state index contributed by atoms with van der Waals surface area (Å²) in [6.07, 6.45) is 4.09. The average Bonchev–Trinajstić information content (AvgIpc) is 3.27. The Kier molecular flexibility index (Phi) is 6.30. The van der Waals surface area contributed by atoms with Crippen LogP contribution < -0.4 is 4.90 Å². The second-order valence-electron chi connectivity index (χ2n) is 9.32. The van der Waals surface area contributed by atoms with Gasteiger partial charge in [0.2, 0.25) is 5.91 Å². The number of carbonyl (C=O) groups is 1. The van der Waals surface area contributed by atoms with Crippen molar-refractivity contribution in [3.8, 4) is 11.4 Å². The number of fused-ring (bicyclic) bond motifs is 1. The Morgan fingerprint density at radius 2 is 1.94 bits per heavy atom. The summed E-state index contributed by atoms with van der Waals surface area (Å²) in [7, 11) is 1.76. The summed E-state index contributed by atoms with van der Waals surface area (Å²) in [5.74, 6) is 1.09. The van der Waals surface area contributed by atoms with Gasteiger partial charge in [0.15, 0.2) is 0 Å². The van der Waals surface area contributed by atoms with E-state index in [9.17, 15) is 4.79 Å². The lowest BCUT2D eigenvalue weighted by atomic mass is 9.94. The fraction of sp³-hybridized carbons (Fsp3) is 0.462. The van der Waals surface area contributed by atoms with Gasteiger partial charge in [0.25, 0.3) is 0 Å². The predicted octanol–water partition coefficient (Wildman–Crippen LogP) is 5.05. The molecule has 1 atom stereocenters. The number of methoxy groups -OCH3 is 1. The van der Waals surface area contributed by atoms with Crippen molar-refractivity contribution in [1.29, 1.82) is 0 Å². The minimum Gasteiger partial charge on any atom is -0.381 e. The van der Waals surface area contributed by atoms with Gasteiger partial charge in [0.05, 0.1) is 28.1 Å². The number of amides is 1. The number of halogens is 1. The molecule has 2 fully saturated rings. The Morgan fingerprint density at radius 1 is 1.12 bits per heavy atom. The highest BCUT2D eigenvalue weighted by Gasteiger charge is 2.31. The Balaban J connectivity index is 1.34. The second kappa shape index (κ2) is 9.35. The molecule has 2 aliphatic heterocycles. The van der Waals surface area contributed by atoms with Crippen molar-refractivity contribution in [2.24, 2.45) is 5.92 Å². The normalized spacial score (nSPS) is 19.9. The fourth-order valence-electron chi connectivity index (χ4n) is 5.12. The number of rotatable bonds is 4. The number of nitrogens with zero attached hydrogens (tertiary/aromatic N) is 3. The number of aromatic nitrogens is 2. The zero-order valence-electron chi connectivity index (χ0n) is 19.3.